The van der Waals surface area contributed by atoms with Crippen LogP contribution in [0.4, 0.5) is 21.9 Å². The van der Waals surface area contributed by atoms with Gasteiger partial charge in [-0.1, -0.05) is 24.3 Å². The van der Waals surface area contributed by atoms with E-state index in [0.717, 1.165) is 16.8 Å². The summed E-state index contributed by atoms with van der Waals surface area (Å²) in [5, 5.41) is 8.28. The number of amides is 3. The Morgan fingerprint density at radius 2 is 1.36 bits per heavy atom. The zero-order chi connectivity index (χ0) is 16.1. The molecule has 0 unspecified atom stereocenters. The molecule has 0 saturated heterocycles. The number of nitrogens with one attached hydrogen (secondary N) is 3. The molecule has 0 aliphatic heterocycles. The molecule has 114 valence electrons. The summed E-state index contributed by atoms with van der Waals surface area (Å²) in [5.74, 6) is -0.155. The van der Waals surface area contributed by atoms with Gasteiger partial charge in [0, 0.05) is 24.0 Å². The van der Waals surface area contributed by atoms with Gasteiger partial charge in [0.1, 0.15) is 0 Å². The average molecular weight is 297 g/mol. The Labute approximate surface area is 129 Å². The Hall–Kier alpha value is -2.82. The minimum atomic E-state index is -0.322. The normalized spacial score (nSPS) is 9.95. The maximum Gasteiger partial charge on any atom is 0.323 e. The van der Waals surface area contributed by atoms with Gasteiger partial charge in [-0.2, -0.15) is 0 Å². The lowest BCUT2D eigenvalue weighted by molar-refractivity contribution is -0.114. The van der Waals surface area contributed by atoms with Gasteiger partial charge in [-0.3, -0.25) is 4.79 Å². The number of carbonyl (C=O) groups excluding carboxylic acids is 2. The van der Waals surface area contributed by atoms with E-state index >= 15 is 0 Å². The summed E-state index contributed by atoms with van der Waals surface area (Å²) in [6.45, 7) is 5.33. The van der Waals surface area contributed by atoms with E-state index in [1.807, 2.05) is 32.0 Å². The van der Waals surface area contributed by atoms with Crippen molar-refractivity contribution in [2.75, 3.05) is 16.0 Å². The number of urea groups is 1. The van der Waals surface area contributed by atoms with E-state index < -0.39 is 0 Å². The van der Waals surface area contributed by atoms with Crippen molar-refractivity contribution in [3.05, 3.63) is 53.6 Å². The molecule has 0 fully saturated rings. The summed E-state index contributed by atoms with van der Waals surface area (Å²) in [4.78, 5) is 23.2. The second-order valence-corrected chi connectivity index (χ2v) is 5.11. The van der Waals surface area contributed by atoms with Crippen molar-refractivity contribution in [3.8, 4) is 0 Å². The second-order valence-electron chi connectivity index (χ2n) is 5.11. The lowest BCUT2D eigenvalue weighted by atomic mass is 10.1. The van der Waals surface area contributed by atoms with Crippen molar-refractivity contribution in [1.29, 1.82) is 0 Å². The molecule has 0 atom stereocenters. The maximum atomic E-state index is 12.1. The zero-order valence-corrected chi connectivity index (χ0v) is 12.9. The molecular weight excluding hydrogens is 278 g/mol. The lowest BCUT2D eigenvalue weighted by Crippen LogP contribution is -2.20. The van der Waals surface area contributed by atoms with Crippen molar-refractivity contribution in [2.45, 2.75) is 20.8 Å². The van der Waals surface area contributed by atoms with Crippen LogP contribution < -0.4 is 16.0 Å². The third-order valence-electron chi connectivity index (χ3n) is 3.16. The third kappa shape index (κ3) is 4.09. The van der Waals surface area contributed by atoms with Gasteiger partial charge in [0.2, 0.25) is 5.91 Å². The number of hydrogen-bond acceptors (Lipinski definition) is 2. The van der Waals surface area contributed by atoms with Crippen LogP contribution in [-0.4, -0.2) is 11.9 Å². The van der Waals surface area contributed by atoms with E-state index in [2.05, 4.69) is 16.0 Å². The Balaban J connectivity index is 2.08. The van der Waals surface area contributed by atoms with Gasteiger partial charge < -0.3 is 16.0 Å². The van der Waals surface area contributed by atoms with E-state index in [4.69, 9.17) is 0 Å². The number of hydrogen-bond donors (Lipinski definition) is 3. The van der Waals surface area contributed by atoms with Crippen LogP contribution in [0.3, 0.4) is 0 Å². The van der Waals surface area contributed by atoms with Gasteiger partial charge >= 0.3 is 6.03 Å². The predicted octanol–water partition coefficient (Wildman–Crippen LogP) is 3.91. The molecule has 0 aromatic heterocycles. The maximum absolute atomic E-state index is 12.1. The third-order valence-corrected chi connectivity index (χ3v) is 3.16. The van der Waals surface area contributed by atoms with Crippen molar-refractivity contribution < 1.29 is 9.59 Å². The Morgan fingerprint density at radius 1 is 0.818 bits per heavy atom. The zero-order valence-electron chi connectivity index (χ0n) is 12.9. The van der Waals surface area contributed by atoms with Crippen LogP contribution in [0, 0.1) is 13.8 Å². The SMILES string of the molecule is CC(=O)Nc1cccc(NC(=O)Nc2c(C)cccc2C)c1. The molecule has 3 N–H and O–H groups in total. The first-order valence-corrected chi connectivity index (χ1v) is 6.97. The summed E-state index contributed by atoms with van der Waals surface area (Å²) < 4.78 is 0. The first kappa shape index (κ1) is 15.6. The minimum Gasteiger partial charge on any atom is -0.326 e. The van der Waals surface area contributed by atoms with Crippen molar-refractivity contribution in [2.24, 2.45) is 0 Å². The Morgan fingerprint density at radius 3 is 1.95 bits per heavy atom. The smallest absolute Gasteiger partial charge is 0.323 e. The molecular formula is C17H19N3O2. The lowest BCUT2D eigenvalue weighted by Gasteiger charge is -2.13. The molecule has 5 heteroatoms. The first-order chi connectivity index (χ1) is 10.5. The van der Waals surface area contributed by atoms with Crippen LogP contribution in [0.25, 0.3) is 0 Å². The summed E-state index contributed by atoms with van der Waals surface area (Å²) >= 11 is 0. The molecule has 0 spiro atoms. The fourth-order valence-electron chi connectivity index (χ4n) is 2.17. The molecule has 0 aliphatic rings. The van der Waals surface area contributed by atoms with E-state index in [-0.39, 0.29) is 11.9 Å². The topological polar surface area (TPSA) is 70.2 Å². The van der Waals surface area contributed by atoms with E-state index in [1.165, 1.54) is 6.92 Å². The van der Waals surface area contributed by atoms with E-state index in [1.54, 1.807) is 24.3 Å². The molecule has 2 rings (SSSR count). The van der Waals surface area contributed by atoms with Crippen molar-refractivity contribution in [1.82, 2.24) is 0 Å². The standard InChI is InChI=1S/C17H19N3O2/c1-11-6-4-7-12(2)16(11)20-17(22)19-15-9-5-8-14(10-15)18-13(3)21/h4-10H,1-3H3,(H,18,21)(H2,19,20,22). The van der Waals surface area contributed by atoms with Crippen LogP contribution in [-0.2, 0) is 4.79 Å². The highest BCUT2D eigenvalue weighted by Gasteiger charge is 2.07. The predicted molar refractivity (Wildman–Crippen MR) is 89.3 cm³/mol. The highest BCUT2D eigenvalue weighted by atomic mass is 16.2. The Bertz CT molecular complexity index is 691. The highest BCUT2D eigenvalue weighted by Crippen LogP contribution is 2.20. The summed E-state index contributed by atoms with van der Waals surface area (Å²) in [6, 6.07) is 12.5. The van der Waals surface area contributed by atoms with Crippen LogP contribution in [0.1, 0.15) is 18.1 Å². The number of rotatable bonds is 3. The fraction of sp³-hybridized carbons (Fsp3) is 0.176. The van der Waals surface area contributed by atoms with Crippen LogP contribution in [0.5, 0.6) is 0 Å². The summed E-state index contributed by atoms with van der Waals surface area (Å²) in [6.07, 6.45) is 0. The fourth-order valence-corrected chi connectivity index (χ4v) is 2.17. The summed E-state index contributed by atoms with van der Waals surface area (Å²) in [5.41, 5.74) is 4.05. The number of carbonyl (C=O) groups is 2. The van der Waals surface area contributed by atoms with Gasteiger partial charge in [0.25, 0.3) is 0 Å². The quantitative estimate of drug-likeness (QED) is 0.804. The Kier molecular flexibility index (Phi) is 4.78. The monoisotopic (exact) mass is 297 g/mol. The number of anilines is 3. The van der Waals surface area contributed by atoms with Crippen molar-refractivity contribution >= 4 is 29.0 Å². The minimum absolute atomic E-state index is 0.155. The largest absolute Gasteiger partial charge is 0.326 e. The molecule has 0 aliphatic carbocycles. The van der Waals surface area contributed by atoms with Gasteiger partial charge in [-0.15, -0.1) is 0 Å². The van der Waals surface area contributed by atoms with Crippen LogP contribution in [0.15, 0.2) is 42.5 Å². The molecule has 0 heterocycles. The molecule has 0 bridgehead atoms. The number of benzene rings is 2. The molecule has 2 aromatic rings. The molecule has 2 aromatic carbocycles. The molecule has 0 saturated carbocycles. The van der Waals surface area contributed by atoms with E-state index in [9.17, 15) is 9.59 Å². The molecule has 5 nitrogen and oxygen atoms in total. The van der Waals surface area contributed by atoms with Crippen LogP contribution >= 0.6 is 0 Å². The van der Waals surface area contributed by atoms with Gasteiger partial charge in [-0.25, -0.2) is 4.79 Å². The van der Waals surface area contributed by atoms with Crippen LogP contribution in [0.2, 0.25) is 0 Å². The number of aryl methyl sites for hydroxylation is 2. The average Bonchev–Trinajstić information content (AvgIpc) is 2.42. The molecule has 0 radical (unpaired) electrons. The van der Waals surface area contributed by atoms with Gasteiger partial charge in [-0.05, 0) is 43.2 Å². The van der Waals surface area contributed by atoms with Gasteiger partial charge in [0.05, 0.1) is 0 Å². The first-order valence-electron chi connectivity index (χ1n) is 6.97. The second kappa shape index (κ2) is 6.76. The number of para-hydroxylation sites is 1. The molecule has 22 heavy (non-hydrogen) atoms. The summed E-state index contributed by atoms with van der Waals surface area (Å²) in [7, 11) is 0. The molecule has 3 amide bonds. The highest BCUT2D eigenvalue weighted by molar-refractivity contribution is 6.01. The van der Waals surface area contributed by atoms with E-state index in [0.29, 0.717) is 11.4 Å². The van der Waals surface area contributed by atoms with Gasteiger partial charge in [0.15, 0.2) is 0 Å². The van der Waals surface area contributed by atoms with Crippen molar-refractivity contribution in [3.63, 3.8) is 0 Å².